The maximum atomic E-state index is 11.9. The van der Waals surface area contributed by atoms with Gasteiger partial charge in [0.1, 0.15) is 4.64 Å². The highest BCUT2D eigenvalue weighted by Crippen LogP contribution is 2.20. The Kier molecular flexibility index (Phi) is 4.12. The molecule has 1 heterocycles. The van der Waals surface area contributed by atoms with Crippen molar-refractivity contribution in [2.75, 3.05) is 6.61 Å². The van der Waals surface area contributed by atoms with E-state index in [-0.39, 0.29) is 12.3 Å². The van der Waals surface area contributed by atoms with Gasteiger partial charge in [0, 0.05) is 24.4 Å². The van der Waals surface area contributed by atoms with Crippen molar-refractivity contribution in [1.82, 2.24) is 9.55 Å². The molecule has 0 radical (unpaired) electrons. The summed E-state index contributed by atoms with van der Waals surface area (Å²) in [6, 6.07) is 0. The number of unbranched alkanes of at least 4 members (excludes halogenated alkanes) is 1. The van der Waals surface area contributed by atoms with Crippen LogP contribution in [0.1, 0.15) is 36.9 Å². The zero-order valence-corrected chi connectivity index (χ0v) is 10.7. The van der Waals surface area contributed by atoms with E-state index < -0.39 is 0 Å². The Bertz CT molecular complexity index is 504. The average Bonchev–Trinajstić information content (AvgIpc) is 2.33. The molecule has 0 saturated carbocycles. The largest absolute Gasteiger partial charge is 0.396 e. The molecule has 1 aromatic rings. The predicted molar refractivity (Wildman–Crippen MR) is 68.8 cm³/mol. The summed E-state index contributed by atoms with van der Waals surface area (Å²) in [5.74, 6) is 0. The van der Waals surface area contributed by atoms with Crippen molar-refractivity contribution in [2.24, 2.45) is 0 Å². The highest BCUT2D eigenvalue weighted by atomic mass is 32.1. The first kappa shape index (κ1) is 12.5. The second-order valence-electron chi connectivity index (χ2n) is 4.47. The summed E-state index contributed by atoms with van der Waals surface area (Å²) in [4.78, 5) is 14.6. The van der Waals surface area contributed by atoms with Crippen molar-refractivity contribution in [3.63, 3.8) is 0 Å². The molecule has 2 rings (SSSR count). The van der Waals surface area contributed by atoms with Gasteiger partial charge in [-0.3, -0.25) is 9.55 Å². The normalized spacial score (nSPS) is 14.6. The maximum Gasteiger partial charge on any atom is 0.326 e. The lowest BCUT2D eigenvalue weighted by Crippen LogP contribution is -2.29. The van der Waals surface area contributed by atoms with Gasteiger partial charge in [-0.1, -0.05) is 12.2 Å². The molecular weight excluding hydrogens is 236 g/mol. The Morgan fingerprint density at radius 3 is 2.82 bits per heavy atom. The third kappa shape index (κ3) is 2.66. The molecule has 94 valence electrons. The van der Waals surface area contributed by atoms with Crippen LogP contribution < -0.4 is 5.69 Å². The number of hydrogen-bond donors (Lipinski definition) is 2. The van der Waals surface area contributed by atoms with Gasteiger partial charge in [-0.15, -0.1) is 0 Å². The summed E-state index contributed by atoms with van der Waals surface area (Å²) in [6.07, 6.45) is 5.77. The summed E-state index contributed by atoms with van der Waals surface area (Å²) in [5.41, 5.74) is 2.16. The van der Waals surface area contributed by atoms with Crippen LogP contribution in [0.4, 0.5) is 0 Å². The van der Waals surface area contributed by atoms with Crippen LogP contribution in [0, 0.1) is 4.64 Å². The van der Waals surface area contributed by atoms with Crippen LogP contribution in [0.3, 0.4) is 0 Å². The summed E-state index contributed by atoms with van der Waals surface area (Å²) in [5, 5.41) is 8.78. The first-order chi connectivity index (χ1) is 8.24. The quantitative estimate of drug-likeness (QED) is 0.633. The highest BCUT2D eigenvalue weighted by Gasteiger charge is 2.16. The molecule has 17 heavy (non-hydrogen) atoms. The molecule has 0 atom stereocenters. The molecule has 0 saturated heterocycles. The van der Waals surface area contributed by atoms with Crippen molar-refractivity contribution in [3.8, 4) is 0 Å². The van der Waals surface area contributed by atoms with Gasteiger partial charge >= 0.3 is 5.69 Å². The van der Waals surface area contributed by atoms with E-state index in [0.29, 0.717) is 11.2 Å². The maximum absolute atomic E-state index is 11.9. The number of aromatic amines is 1. The minimum Gasteiger partial charge on any atom is -0.396 e. The van der Waals surface area contributed by atoms with E-state index in [1.165, 1.54) is 0 Å². The van der Waals surface area contributed by atoms with E-state index in [1.807, 2.05) is 0 Å². The predicted octanol–water partition coefficient (Wildman–Crippen LogP) is 1.56. The van der Waals surface area contributed by atoms with E-state index in [0.717, 1.165) is 49.8 Å². The molecule has 0 bridgehead atoms. The first-order valence-corrected chi connectivity index (χ1v) is 6.60. The molecule has 1 aliphatic rings. The molecule has 0 fully saturated rings. The molecule has 0 aromatic carbocycles. The lowest BCUT2D eigenvalue weighted by molar-refractivity contribution is 0.280. The van der Waals surface area contributed by atoms with Crippen LogP contribution in [-0.2, 0) is 19.4 Å². The molecule has 0 unspecified atom stereocenters. The van der Waals surface area contributed by atoms with Crippen molar-refractivity contribution in [2.45, 2.75) is 45.1 Å². The molecule has 2 N–H and O–H groups in total. The van der Waals surface area contributed by atoms with E-state index in [9.17, 15) is 4.79 Å². The lowest BCUT2D eigenvalue weighted by atomic mass is 9.97. The van der Waals surface area contributed by atoms with Gasteiger partial charge in [0.2, 0.25) is 0 Å². The molecule has 5 heteroatoms. The average molecular weight is 254 g/mol. The van der Waals surface area contributed by atoms with Crippen LogP contribution in [0.5, 0.6) is 0 Å². The highest BCUT2D eigenvalue weighted by molar-refractivity contribution is 7.71. The van der Waals surface area contributed by atoms with Crippen molar-refractivity contribution in [3.05, 3.63) is 26.4 Å². The number of fused-ring (bicyclic) bond motifs is 1. The fourth-order valence-corrected chi connectivity index (χ4v) is 2.72. The van der Waals surface area contributed by atoms with E-state index >= 15 is 0 Å². The van der Waals surface area contributed by atoms with Crippen LogP contribution >= 0.6 is 12.2 Å². The monoisotopic (exact) mass is 254 g/mol. The van der Waals surface area contributed by atoms with Gasteiger partial charge in [0.05, 0.1) is 0 Å². The lowest BCUT2D eigenvalue weighted by Gasteiger charge is -2.20. The Morgan fingerprint density at radius 2 is 2.06 bits per heavy atom. The first-order valence-electron chi connectivity index (χ1n) is 6.20. The molecular formula is C12H18N2O2S. The van der Waals surface area contributed by atoms with E-state index in [2.05, 4.69) is 4.98 Å². The van der Waals surface area contributed by atoms with Gasteiger partial charge < -0.3 is 5.11 Å². The Balaban J connectivity index is 2.36. The number of nitrogens with zero attached hydrogens (tertiary/aromatic N) is 1. The molecule has 4 nitrogen and oxygen atoms in total. The second-order valence-corrected chi connectivity index (χ2v) is 4.88. The molecule has 1 aliphatic carbocycles. The smallest absolute Gasteiger partial charge is 0.326 e. The second kappa shape index (κ2) is 5.60. The molecule has 0 amide bonds. The van der Waals surface area contributed by atoms with E-state index in [4.69, 9.17) is 17.3 Å². The van der Waals surface area contributed by atoms with Gasteiger partial charge in [0.15, 0.2) is 0 Å². The third-order valence-corrected chi connectivity index (χ3v) is 3.64. The van der Waals surface area contributed by atoms with Crippen molar-refractivity contribution in [1.29, 1.82) is 0 Å². The fourth-order valence-electron chi connectivity index (χ4n) is 2.41. The summed E-state index contributed by atoms with van der Waals surface area (Å²) >= 11 is 5.21. The van der Waals surface area contributed by atoms with Crippen LogP contribution in [0.2, 0.25) is 0 Å². The summed E-state index contributed by atoms with van der Waals surface area (Å²) in [6.45, 7) is 0.855. The third-order valence-electron chi connectivity index (χ3n) is 3.29. The molecule has 0 aliphatic heterocycles. The number of hydrogen-bond acceptors (Lipinski definition) is 3. The summed E-state index contributed by atoms with van der Waals surface area (Å²) in [7, 11) is 0. The Hall–Kier alpha value is -0.940. The number of nitrogens with one attached hydrogen (secondary N) is 1. The molecule has 1 aromatic heterocycles. The van der Waals surface area contributed by atoms with E-state index in [1.54, 1.807) is 4.57 Å². The topological polar surface area (TPSA) is 58.0 Å². The van der Waals surface area contributed by atoms with Gasteiger partial charge in [-0.2, -0.15) is 0 Å². The van der Waals surface area contributed by atoms with Crippen LogP contribution in [-0.4, -0.2) is 21.3 Å². The number of aliphatic hydroxyl groups is 1. The van der Waals surface area contributed by atoms with Gasteiger partial charge in [0.25, 0.3) is 0 Å². The molecule has 0 spiro atoms. The standard InChI is InChI=1S/C12H18N2O2S/c15-8-4-3-7-14-10-6-2-1-5-9(10)11(17)13-12(14)16/h15H,1-8H2,(H,13,16,17). The van der Waals surface area contributed by atoms with Crippen molar-refractivity contribution < 1.29 is 5.11 Å². The Morgan fingerprint density at radius 1 is 1.29 bits per heavy atom. The van der Waals surface area contributed by atoms with Crippen LogP contribution in [0.15, 0.2) is 4.79 Å². The zero-order chi connectivity index (χ0) is 12.3. The minimum atomic E-state index is -0.103. The summed E-state index contributed by atoms with van der Waals surface area (Å²) < 4.78 is 2.42. The van der Waals surface area contributed by atoms with Gasteiger partial charge in [-0.05, 0) is 38.5 Å². The number of rotatable bonds is 4. The Labute approximate surface area is 105 Å². The van der Waals surface area contributed by atoms with Crippen molar-refractivity contribution >= 4 is 12.2 Å². The number of aromatic nitrogens is 2. The zero-order valence-electron chi connectivity index (χ0n) is 9.87. The van der Waals surface area contributed by atoms with Gasteiger partial charge in [-0.25, -0.2) is 4.79 Å². The minimum absolute atomic E-state index is 0.103. The number of aliphatic hydroxyl groups excluding tert-OH is 1. The fraction of sp³-hybridized carbons (Fsp3) is 0.667. The van der Waals surface area contributed by atoms with Crippen LogP contribution in [0.25, 0.3) is 0 Å². The number of H-pyrrole nitrogens is 1. The SMILES string of the molecule is O=c1[nH]c(=S)c2c(n1CCCCO)CCCC2.